The largest absolute Gasteiger partial charge is 0.435 e. The van der Waals surface area contributed by atoms with E-state index in [1.807, 2.05) is 0 Å². The van der Waals surface area contributed by atoms with Gasteiger partial charge in [-0.15, -0.1) is 0 Å². The van der Waals surface area contributed by atoms with Crippen molar-refractivity contribution in [1.82, 2.24) is 24.9 Å². The number of rotatable bonds is 5. The second kappa shape index (κ2) is 6.61. The molecule has 2 rings (SSSR count). The lowest BCUT2D eigenvalue weighted by molar-refractivity contribution is -0.141. The van der Waals surface area contributed by atoms with Crippen molar-refractivity contribution in [1.29, 1.82) is 0 Å². The Balaban J connectivity index is 1.85. The monoisotopic (exact) mass is 349 g/mol. The van der Waals surface area contributed by atoms with Crippen LogP contribution in [0.3, 0.4) is 0 Å². The lowest BCUT2D eigenvalue weighted by atomic mass is 10.3. The summed E-state index contributed by atoms with van der Waals surface area (Å²) in [7, 11) is 1.64. The molecular formula is C13H15ClF3N5O. The molecule has 0 aliphatic heterocycles. The predicted octanol–water partition coefficient (Wildman–Crippen LogP) is 2.42. The maximum Gasteiger partial charge on any atom is 0.435 e. The summed E-state index contributed by atoms with van der Waals surface area (Å²) in [5.74, 6) is -0.427. The zero-order valence-electron chi connectivity index (χ0n) is 12.5. The molecule has 0 unspecified atom stereocenters. The Morgan fingerprint density at radius 3 is 2.61 bits per heavy atom. The molecule has 126 valence electrons. The van der Waals surface area contributed by atoms with Crippen molar-refractivity contribution < 1.29 is 18.0 Å². The van der Waals surface area contributed by atoms with E-state index < -0.39 is 17.8 Å². The summed E-state index contributed by atoms with van der Waals surface area (Å²) in [5.41, 5.74) is -0.389. The highest BCUT2D eigenvalue weighted by Crippen LogP contribution is 2.28. The second-order valence-corrected chi connectivity index (χ2v) is 5.41. The van der Waals surface area contributed by atoms with Crippen LogP contribution in [-0.4, -0.2) is 32.0 Å². The molecular weight excluding hydrogens is 335 g/mol. The summed E-state index contributed by atoms with van der Waals surface area (Å²) >= 11 is 5.85. The SMILES string of the molecule is Cc1cc(C(F)(F)F)nn1CCCNC(=O)c1nn(C)cc1Cl. The minimum atomic E-state index is -4.46. The van der Waals surface area contributed by atoms with Gasteiger partial charge in [-0.25, -0.2) is 0 Å². The first-order chi connectivity index (χ1) is 10.7. The Morgan fingerprint density at radius 2 is 2.09 bits per heavy atom. The van der Waals surface area contributed by atoms with Gasteiger partial charge in [0.05, 0.1) is 5.02 Å². The molecule has 6 nitrogen and oxygen atoms in total. The Morgan fingerprint density at radius 1 is 1.39 bits per heavy atom. The van der Waals surface area contributed by atoms with Crippen molar-refractivity contribution >= 4 is 17.5 Å². The predicted molar refractivity (Wildman–Crippen MR) is 77.1 cm³/mol. The number of amides is 1. The van der Waals surface area contributed by atoms with E-state index in [4.69, 9.17) is 11.6 Å². The summed E-state index contributed by atoms with van der Waals surface area (Å²) in [6, 6.07) is 0.992. The Bertz CT molecular complexity index is 707. The number of halogens is 4. The van der Waals surface area contributed by atoms with E-state index in [2.05, 4.69) is 15.5 Å². The summed E-state index contributed by atoms with van der Waals surface area (Å²) < 4.78 is 40.3. The standard InChI is InChI=1S/C13H15ClF3N5O/c1-8-6-10(13(15,16)17)19-22(8)5-3-4-18-12(23)11-9(14)7-21(2)20-11/h6-7H,3-5H2,1-2H3,(H,18,23). The molecule has 2 aromatic heterocycles. The quantitative estimate of drug-likeness (QED) is 0.843. The van der Waals surface area contributed by atoms with E-state index in [1.165, 1.54) is 15.6 Å². The number of aryl methyl sites for hydroxylation is 3. The van der Waals surface area contributed by atoms with Crippen molar-refractivity contribution in [2.24, 2.45) is 7.05 Å². The molecule has 2 aromatic rings. The van der Waals surface area contributed by atoms with Crippen LogP contribution in [0, 0.1) is 6.92 Å². The molecule has 0 fully saturated rings. The first kappa shape index (κ1) is 17.3. The van der Waals surface area contributed by atoms with Crippen LogP contribution in [0.25, 0.3) is 0 Å². The number of aromatic nitrogens is 4. The average molecular weight is 350 g/mol. The van der Waals surface area contributed by atoms with Gasteiger partial charge < -0.3 is 5.32 Å². The van der Waals surface area contributed by atoms with E-state index in [-0.39, 0.29) is 23.8 Å². The van der Waals surface area contributed by atoms with Gasteiger partial charge in [-0.05, 0) is 19.4 Å². The van der Waals surface area contributed by atoms with Crippen LogP contribution in [0.15, 0.2) is 12.3 Å². The fourth-order valence-corrected chi connectivity index (χ4v) is 2.27. The summed E-state index contributed by atoms with van der Waals surface area (Å²) in [5, 5.41) is 10.3. The Hall–Kier alpha value is -2.03. The number of hydrogen-bond donors (Lipinski definition) is 1. The molecule has 0 aliphatic rings. The fourth-order valence-electron chi connectivity index (χ4n) is 2.00. The zero-order valence-corrected chi connectivity index (χ0v) is 13.2. The van der Waals surface area contributed by atoms with Gasteiger partial charge in [0, 0.05) is 32.0 Å². The summed E-state index contributed by atoms with van der Waals surface area (Å²) in [4.78, 5) is 11.9. The van der Waals surface area contributed by atoms with Gasteiger partial charge in [0.2, 0.25) is 0 Å². The number of alkyl halides is 3. The first-order valence-electron chi connectivity index (χ1n) is 6.77. The number of nitrogens with one attached hydrogen (secondary N) is 1. The molecule has 1 amide bonds. The third-order valence-corrected chi connectivity index (χ3v) is 3.38. The maximum atomic E-state index is 12.5. The minimum absolute atomic E-state index is 0.115. The van der Waals surface area contributed by atoms with Crippen molar-refractivity contribution in [2.45, 2.75) is 26.1 Å². The van der Waals surface area contributed by atoms with Crippen LogP contribution < -0.4 is 5.32 Å². The third-order valence-electron chi connectivity index (χ3n) is 3.10. The van der Waals surface area contributed by atoms with Crippen LogP contribution in [0.1, 0.15) is 28.3 Å². The van der Waals surface area contributed by atoms with Gasteiger partial charge in [-0.1, -0.05) is 11.6 Å². The number of nitrogens with zero attached hydrogens (tertiary/aromatic N) is 4. The van der Waals surface area contributed by atoms with Gasteiger partial charge in [-0.2, -0.15) is 23.4 Å². The van der Waals surface area contributed by atoms with Gasteiger partial charge in [0.1, 0.15) is 0 Å². The van der Waals surface area contributed by atoms with Gasteiger partial charge in [0.25, 0.3) is 5.91 Å². The number of hydrogen-bond acceptors (Lipinski definition) is 3. The molecule has 0 aliphatic carbocycles. The van der Waals surface area contributed by atoms with E-state index in [9.17, 15) is 18.0 Å². The zero-order chi connectivity index (χ0) is 17.2. The Kier molecular flexibility index (Phi) is 4.98. The molecule has 2 heterocycles. The van der Waals surface area contributed by atoms with Crippen LogP contribution in [0.5, 0.6) is 0 Å². The second-order valence-electron chi connectivity index (χ2n) is 5.00. The smallest absolute Gasteiger partial charge is 0.351 e. The summed E-state index contributed by atoms with van der Waals surface area (Å²) in [6.07, 6.45) is -2.53. The highest BCUT2D eigenvalue weighted by Gasteiger charge is 2.34. The molecule has 10 heteroatoms. The van der Waals surface area contributed by atoms with E-state index in [0.717, 1.165) is 6.07 Å². The minimum Gasteiger partial charge on any atom is -0.351 e. The number of carbonyl (C=O) groups excluding carboxylic acids is 1. The summed E-state index contributed by atoms with van der Waals surface area (Å²) in [6.45, 7) is 2.08. The van der Waals surface area contributed by atoms with Crippen molar-refractivity contribution in [3.05, 3.63) is 34.4 Å². The highest BCUT2D eigenvalue weighted by molar-refractivity contribution is 6.33. The normalized spacial score (nSPS) is 11.7. The lowest BCUT2D eigenvalue weighted by Crippen LogP contribution is -2.26. The van der Waals surface area contributed by atoms with Gasteiger partial charge in [0.15, 0.2) is 11.4 Å². The molecule has 0 bridgehead atoms. The molecule has 1 N–H and O–H groups in total. The number of carbonyl (C=O) groups is 1. The molecule has 0 spiro atoms. The van der Waals surface area contributed by atoms with Crippen molar-refractivity contribution in [3.8, 4) is 0 Å². The van der Waals surface area contributed by atoms with Crippen LogP contribution in [-0.2, 0) is 19.8 Å². The molecule has 0 aromatic carbocycles. The molecule has 23 heavy (non-hydrogen) atoms. The van der Waals surface area contributed by atoms with E-state index >= 15 is 0 Å². The van der Waals surface area contributed by atoms with Gasteiger partial charge >= 0.3 is 6.18 Å². The van der Waals surface area contributed by atoms with Crippen LogP contribution in [0.2, 0.25) is 5.02 Å². The first-order valence-corrected chi connectivity index (χ1v) is 7.15. The fraction of sp³-hybridized carbons (Fsp3) is 0.462. The molecule has 0 saturated heterocycles. The lowest BCUT2D eigenvalue weighted by Gasteiger charge is -2.06. The maximum absolute atomic E-state index is 12.5. The van der Waals surface area contributed by atoms with Crippen molar-refractivity contribution in [2.75, 3.05) is 6.54 Å². The van der Waals surface area contributed by atoms with Gasteiger partial charge in [-0.3, -0.25) is 14.2 Å². The average Bonchev–Trinajstić information content (AvgIpc) is 2.97. The van der Waals surface area contributed by atoms with Crippen molar-refractivity contribution in [3.63, 3.8) is 0 Å². The molecule has 0 atom stereocenters. The Labute approximate surface area is 135 Å². The topological polar surface area (TPSA) is 64.7 Å². The van der Waals surface area contributed by atoms with Crippen LogP contribution >= 0.6 is 11.6 Å². The molecule has 0 radical (unpaired) electrons. The molecule has 0 saturated carbocycles. The van der Waals surface area contributed by atoms with E-state index in [1.54, 1.807) is 14.0 Å². The van der Waals surface area contributed by atoms with Crippen LogP contribution in [0.4, 0.5) is 13.2 Å². The third kappa shape index (κ3) is 4.25. The highest BCUT2D eigenvalue weighted by atomic mass is 35.5. The van der Waals surface area contributed by atoms with E-state index in [0.29, 0.717) is 12.1 Å².